The maximum atomic E-state index is 12.7. The van der Waals surface area contributed by atoms with Crippen molar-refractivity contribution < 1.29 is 27.5 Å². The van der Waals surface area contributed by atoms with E-state index in [-0.39, 0.29) is 34.1 Å². The van der Waals surface area contributed by atoms with Gasteiger partial charge in [0, 0.05) is 27.6 Å². The number of allylic oxidation sites excluding steroid dienone is 5. The van der Waals surface area contributed by atoms with E-state index in [1.165, 1.54) is 0 Å². The molecular formula is C35H29ClN3O6S-. The summed E-state index contributed by atoms with van der Waals surface area (Å²) in [6.07, 6.45) is 6.38. The van der Waals surface area contributed by atoms with Crippen LogP contribution in [0.2, 0.25) is 0 Å². The zero-order valence-electron chi connectivity index (χ0n) is 25.1. The van der Waals surface area contributed by atoms with Gasteiger partial charge in [-0.15, -0.1) is 0 Å². The van der Waals surface area contributed by atoms with E-state index in [1.54, 1.807) is 36.4 Å². The third kappa shape index (κ3) is 6.79. The maximum absolute atomic E-state index is 12.7. The molecule has 3 aromatic rings. The highest BCUT2D eigenvalue weighted by atomic mass is 35.5. The number of carbonyl (C=O) groups is 1. The third-order valence-corrected chi connectivity index (χ3v) is 9.48. The van der Waals surface area contributed by atoms with Crippen LogP contribution < -0.4 is 9.83 Å². The first-order valence-corrected chi connectivity index (χ1v) is 16.7. The number of nitrogens with one attached hydrogen (secondary N) is 1. The largest absolute Gasteiger partial charge is 0.590 e. The van der Waals surface area contributed by atoms with E-state index >= 15 is 0 Å². The molecule has 234 valence electrons. The topological polar surface area (TPSA) is 137 Å². The molecule has 5 rings (SSSR count). The first-order chi connectivity index (χ1) is 22.0. The molecule has 0 fully saturated rings. The molecule has 2 aromatic carbocycles. The number of furan rings is 1. The smallest absolute Gasteiger partial charge is 0.355 e. The quantitative estimate of drug-likeness (QED) is 0.183. The molecule has 2 heterocycles. The molecule has 0 amide bonds. The number of ether oxygens (including phenoxy) is 1. The third-order valence-electron chi connectivity index (χ3n) is 7.63. The minimum Gasteiger partial charge on any atom is -0.590 e. The van der Waals surface area contributed by atoms with Gasteiger partial charge in [0.2, 0.25) is 15.7 Å². The number of hydrogen-bond donors (Lipinski definition) is 1. The van der Waals surface area contributed by atoms with Crippen LogP contribution in [0.4, 0.5) is 11.4 Å². The fourth-order valence-corrected chi connectivity index (χ4v) is 6.85. The lowest BCUT2D eigenvalue weighted by Crippen LogP contribution is -2.16. The van der Waals surface area contributed by atoms with Gasteiger partial charge in [-0.2, -0.15) is 5.26 Å². The summed E-state index contributed by atoms with van der Waals surface area (Å²) in [7, 11) is -3.51. The van der Waals surface area contributed by atoms with Crippen LogP contribution in [0.25, 0.3) is 27.6 Å². The monoisotopic (exact) mass is 654 g/mol. The van der Waals surface area contributed by atoms with Crippen LogP contribution in [-0.2, 0) is 19.6 Å². The lowest BCUT2D eigenvalue weighted by Gasteiger charge is -2.18. The molecule has 0 bridgehead atoms. The molecule has 2 aliphatic rings. The SMILES string of the molecule is [C-]#[N+]c1c([O-])oc(/C=C2\CCCC(/C=C3\OC(=O)C(C#N)=C3c3ccc(NS(=O)(=O)CCCC)cc3)=C2Cl)c1-c1ccc(C)cc1. The first kappa shape index (κ1) is 32.4. The van der Waals surface area contributed by atoms with E-state index in [9.17, 15) is 23.6 Å². The molecule has 11 heteroatoms. The molecule has 46 heavy (non-hydrogen) atoms. The average Bonchev–Trinajstić information content (AvgIpc) is 3.52. The molecule has 0 radical (unpaired) electrons. The van der Waals surface area contributed by atoms with Gasteiger partial charge in [0.05, 0.1) is 18.3 Å². The molecular weight excluding hydrogens is 626 g/mol. The molecule has 1 aromatic heterocycles. The Morgan fingerprint density at radius 1 is 1.11 bits per heavy atom. The van der Waals surface area contributed by atoms with Gasteiger partial charge < -0.3 is 14.3 Å². The van der Waals surface area contributed by atoms with E-state index in [4.69, 9.17) is 27.3 Å². The molecule has 0 saturated heterocycles. The van der Waals surface area contributed by atoms with Gasteiger partial charge in [-0.3, -0.25) is 4.72 Å². The number of hydrogen-bond acceptors (Lipinski definition) is 7. The highest BCUT2D eigenvalue weighted by Crippen LogP contribution is 2.45. The molecule has 0 unspecified atom stereocenters. The van der Waals surface area contributed by atoms with E-state index < -0.39 is 21.9 Å². The second kappa shape index (κ2) is 13.5. The van der Waals surface area contributed by atoms with E-state index in [0.717, 1.165) is 12.0 Å². The van der Waals surface area contributed by atoms with Gasteiger partial charge in [-0.05, 0) is 79.2 Å². The van der Waals surface area contributed by atoms with Crippen molar-refractivity contribution >= 4 is 50.6 Å². The summed E-state index contributed by atoms with van der Waals surface area (Å²) < 4.78 is 38.2. The van der Waals surface area contributed by atoms with Crippen molar-refractivity contribution in [2.24, 2.45) is 0 Å². The molecule has 9 nitrogen and oxygen atoms in total. The summed E-state index contributed by atoms with van der Waals surface area (Å²) >= 11 is 6.90. The standard InChI is InChI=1S/C35H30ClN3O6S/c1-4-5-17-46(42,43)39-26-15-13-22(14-16-26)30-27(20-37)34(40)44-28(30)18-24-7-6-8-25(32(24)36)19-29-31(33(38-3)35(41)45-29)23-11-9-21(2)10-12-23/h9-16,18-19,39,41H,4-8,17H2,1-2H3/p-1/b25-19+,28-18-. The maximum Gasteiger partial charge on any atom is 0.355 e. The van der Waals surface area contributed by atoms with Crippen molar-refractivity contribution in [1.29, 1.82) is 5.26 Å². The Bertz CT molecular complexity index is 2020. The highest BCUT2D eigenvalue weighted by Gasteiger charge is 2.32. The molecule has 0 saturated carbocycles. The fourth-order valence-electron chi connectivity index (χ4n) is 5.29. The van der Waals surface area contributed by atoms with Gasteiger partial charge in [0.1, 0.15) is 17.4 Å². The molecule has 1 aliphatic heterocycles. The van der Waals surface area contributed by atoms with Crippen molar-refractivity contribution in [3.8, 4) is 23.1 Å². The van der Waals surface area contributed by atoms with Crippen LogP contribution in [0, 0.1) is 24.8 Å². The number of cyclic esters (lactones) is 1. The second-order valence-electron chi connectivity index (χ2n) is 10.9. The summed E-state index contributed by atoms with van der Waals surface area (Å²) in [4.78, 5) is 16.1. The number of benzene rings is 2. The number of nitriles is 1. The van der Waals surface area contributed by atoms with Crippen LogP contribution >= 0.6 is 11.6 Å². The number of rotatable bonds is 9. The first-order valence-electron chi connectivity index (χ1n) is 14.6. The summed E-state index contributed by atoms with van der Waals surface area (Å²) in [5.41, 5.74) is 4.24. The zero-order valence-corrected chi connectivity index (χ0v) is 26.7. The predicted molar refractivity (Wildman–Crippen MR) is 175 cm³/mol. The van der Waals surface area contributed by atoms with Crippen LogP contribution in [0.5, 0.6) is 5.95 Å². The van der Waals surface area contributed by atoms with Gasteiger partial charge in [0.15, 0.2) is 0 Å². The van der Waals surface area contributed by atoms with Gasteiger partial charge in [0.25, 0.3) is 0 Å². The van der Waals surface area contributed by atoms with Crippen molar-refractivity contribution in [2.75, 3.05) is 10.5 Å². The Hall–Kier alpha value is -5.03. The van der Waals surface area contributed by atoms with E-state index in [1.807, 2.05) is 44.2 Å². The van der Waals surface area contributed by atoms with Gasteiger partial charge in [-0.1, -0.05) is 66.9 Å². The number of carbonyl (C=O) groups excluding carboxylic acids is 1. The number of aryl methyl sites for hydroxylation is 1. The Morgan fingerprint density at radius 3 is 2.46 bits per heavy atom. The zero-order chi connectivity index (χ0) is 33.0. The average molecular weight is 655 g/mol. The summed E-state index contributed by atoms with van der Waals surface area (Å²) in [5, 5.41) is 22.7. The number of esters is 1. The van der Waals surface area contributed by atoms with Gasteiger partial charge >= 0.3 is 5.97 Å². The minimum atomic E-state index is -3.51. The van der Waals surface area contributed by atoms with E-state index in [0.29, 0.717) is 64.2 Å². The Kier molecular flexibility index (Phi) is 9.52. The molecule has 0 spiro atoms. The molecule has 1 aliphatic carbocycles. The Balaban J connectivity index is 1.51. The van der Waals surface area contributed by atoms with Crippen molar-refractivity contribution in [1.82, 2.24) is 0 Å². The summed E-state index contributed by atoms with van der Waals surface area (Å²) in [6.45, 7) is 11.4. The van der Waals surface area contributed by atoms with Crippen LogP contribution in [0.1, 0.15) is 55.9 Å². The van der Waals surface area contributed by atoms with Crippen molar-refractivity contribution in [2.45, 2.75) is 46.0 Å². The van der Waals surface area contributed by atoms with Crippen molar-refractivity contribution in [3.63, 3.8) is 0 Å². The number of anilines is 1. The Labute approximate surface area is 272 Å². The Morgan fingerprint density at radius 2 is 1.80 bits per heavy atom. The molecule has 1 N–H and O–H groups in total. The van der Waals surface area contributed by atoms with Gasteiger partial charge in [-0.25, -0.2) is 18.1 Å². The molecule has 0 atom stereocenters. The number of unbranched alkanes of at least 4 members (excludes halogenated alkanes) is 1. The van der Waals surface area contributed by atoms with Crippen LogP contribution in [0.15, 0.2) is 86.5 Å². The highest BCUT2D eigenvalue weighted by molar-refractivity contribution is 7.92. The number of sulfonamides is 1. The van der Waals surface area contributed by atoms with Crippen LogP contribution in [0.3, 0.4) is 0 Å². The fraction of sp³-hybridized carbons (Fsp3) is 0.229. The summed E-state index contributed by atoms with van der Waals surface area (Å²) in [5.74, 6) is -1.16. The summed E-state index contributed by atoms with van der Waals surface area (Å²) in [6, 6.07) is 15.7. The lowest BCUT2D eigenvalue weighted by atomic mass is 9.91. The number of halogens is 1. The number of nitrogens with zero attached hydrogens (tertiary/aromatic N) is 2. The normalized spacial score (nSPS) is 16.9. The minimum absolute atomic E-state index is 0.00246. The lowest BCUT2D eigenvalue weighted by molar-refractivity contribution is -0.292. The second-order valence-corrected chi connectivity index (χ2v) is 13.1. The van der Waals surface area contributed by atoms with Crippen LogP contribution in [-0.4, -0.2) is 20.1 Å². The van der Waals surface area contributed by atoms with Crippen molar-refractivity contribution in [3.05, 3.63) is 110 Å². The van der Waals surface area contributed by atoms with E-state index in [2.05, 4.69) is 9.57 Å². The predicted octanol–water partition coefficient (Wildman–Crippen LogP) is 7.90.